The number of nitrogens with one attached hydrogen (secondary N) is 3. The molecule has 3 N–H and O–H groups in total. The maximum absolute atomic E-state index is 15.0. The maximum atomic E-state index is 15.0. The van der Waals surface area contributed by atoms with Crippen molar-refractivity contribution in [1.82, 2.24) is 25.3 Å². The van der Waals surface area contributed by atoms with Crippen LogP contribution in [0.4, 0.5) is 29.2 Å². The number of aryl methyl sites for hydroxylation is 2. The Morgan fingerprint density at radius 2 is 1.84 bits per heavy atom. The molecular formula is C29H31F4N7O3S. The fourth-order valence-corrected chi connectivity index (χ4v) is 6.18. The lowest BCUT2D eigenvalue weighted by molar-refractivity contribution is 0.0219. The number of ether oxygens (including phenoxy) is 1. The third-order valence-corrected chi connectivity index (χ3v) is 8.43. The molecule has 0 spiro atoms. The molecule has 0 aliphatic carbocycles. The van der Waals surface area contributed by atoms with E-state index in [2.05, 4.69) is 30.6 Å². The summed E-state index contributed by atoms with van der Waals surface area (Å²) in [5.41, 5.74) is 0.936. The highest BCUT2D eigenvalue weighted by molar-refractivity contribution is 7.92. The third-order valence-electron chi connectivity index (χ3n) is 7.11. The first-order valence-electron chi connectivity index (χ1n) is 13.9. The molecular weight excluding hydrogens is 602 g/mol. The van der Waals surface area contributed by atoms with Crippen LogP contribution in [0.25, 0.3) is 22.0 Å². The van der Waals surface area contributed by atoms with Gasteiger partial charge in [-0.15, -0.1) is 0 Å². The molecule has 0 amide bonds. The standard InChI is InChI=1S/C29H31F4N7O3S/c1-4-29(32,33)15-44(41,42)40-25-20-6-5-16(2)26(21(20)7-8-23(25)31)43-27-22(14-36-17(3)37-27)24-9-10-35-28(39-24)38-19-11-18(30)12-34-13-19/h5-10,14,18-19,34,40H,4,11-13,15H2,1-3H3,(H,35,38,39)/t18-,19-/m0/s1. The number of halogens is 4. The largest absolute Gasteiger partial charge is 0.437 e. The number of sulfonamides is 1. The fraction of sp³-hybridized carbons (Fsp3) is 0.379. The zero-order chi connectivity index (χ0) is 31.6. The summed E-state index contributed by atoms with van der Waals surface area (Å²) in [6, 6.07) is 6.92. The molecule has 0 unspecified atom stereocenters. The van der Waals surface area contributed by atoms with Crippen molar-refractivity contribution in [3.8, 4) is 22.9 Å². The van der Waals surface area contributed by atoms with Gasteiger partial charge in [-0.3, -0.25) is 4.72 Å². The zero-order valence-corrected chi connectivity index (χ0v) is 25.0. The number of hydrogen-bond acceptors (Lipinski definition) is 9. The van der Waals surface area contributed by atoms with Crippen molar-refractivity contribution in [3.63, 3.8) is 0 Å². The maximum Gasteiger partial charge on any atom is 0.263 e. The van der Waals surface area contributed by atoms with Gasteiger partial charge < -0.3 is 15.4 Å². The van der Waals surface area contributed by atoms with Gasteiger partial charge in [0, 0.05) is 55.1 Å². The van der Waals surface area contributed by atoms with Crippen LogP contribution in [0.1, 0.15) is 31.2 Å². The SMILES string of the molecule is CCC(F)(F)CS(=O)(=O)Nc1c(F)ccc2c(Oc3nc(C)ncc3-c3ccnc(N[C@@H]4CNC[C@@H](F)C4)n3)c(C)ccc12. The van der Waals surface area contributed by atoms with Gasteiger partial charge in [-0.25, -0.2) is 40.9 Å². The normalized spacial score (nSPS) is 17.4. The summed E-state index contributed by atoms with van der Waals surface area (Å²) in [6.45, 7) is 5.41. The molecule has 4 aromatic rings. The zero-order valence-electron chi connectivity index (χ0n) is 24.2. The number of rotatable bonds is 10. The topological polar surface area (TPSA) is 131 Å². The second-order valence-electron chi connectivity index (χ2n) is 10.6. The van der Waals surface area contributed by atoms with Crippen LogP contribution in [0.5, 0.6) is 11.6 Å². The molecule has 1 aliphatic heterocycles. The van der Waals surface area contributed by atoms with Gasteiger partial charge in [0.1, 0.15) is 29.3 Å². The Morgan fingerprint density at radius 3 is 2.59 bits per heavy atom. The van der Waals surface area contributed by atoms with Gasteiger partial charge in [-0.05, 0) is 37.6 Å². The molecule has 5 rings (SSSR count). The van der Waals surface area contributed by atoms with E-state index in [1.807, 2.05) is 4.72 Å². The minimum absolute atomic E-state index is 0.0992. The van der Waals surface area contributed by atoms with Crippen LogP contribution in [-0.4, -0.2) is 65.3 Å². The Morgan fingerprint density at radius 1 is 1.07 bits per heavy atom. The van der Waals surface area contributed by atoms with E-state index in [4.69, 9.17) is 4.74 Å². The molecule has 0 bridgehead atoms. The van der Waals surface area contributed by atoms with E-state index in [9.17, 15) is 26.0 Å². The molecule has 15 heteroatoms. The number of anilines is 2. The van der Waals surface area contributed by atoms with Gasteiger partial charge in [0.25, 0.3) is 5.92 Å². The molecule has 234 valence electrons. The number of alkyl halides is 3. The average Bonchev–Trinajstić information content (AvgIpc) is 2.95. The van der Waals surface area contributed by atoms with Gasteiger partial charge in [0.15, 0.2) is 0 Å². The minimum atomic E-state index is -4.61. The van der Waals surface area contributed by atoms with E-state index in [0.29, 0.717) is 47.5 Å². The van der Waals surface area contributed by atoms with Gasteiger partial charge in [-0.2, -0.15) is 4.98 Å². The monoisotopic (exact) mass is 633 g/mol. The molecule has 1 saturated heterocycles. The van der Waals surface area contributed by atoms with Crippen LogP contribution >= 0.6 is 0 Å². The molecule has 0 saturated carbocycles. The van der Waals surface area contributed by atoms with E-state index >= 15 is 0 Å². The van der Waals surface area contributed by atoms with E-state index in [1.165, 1.54) is 24.5 Å². The Kier molecular flexibility index (Phi) is 8.88. The highest BCUT2D eigenvalue weighted by Crippen LogP contribution is 2.40. The first-order chi connectivity index (χ1) is 20.8. The van der Waals surface area contributed by atoms with Crippen molar-refractivity contribution in [1.29, 1.82) is 0 Å². The van der Waals surface area contributed by atoms with Crippen molar-refractivity contribution >= 4 is 32.4 Å². The quantitative estimate of drug-likeness (QED) is 0.193. The predicted molar refractivity (Wildman–Crippen MR) is 159 cm³/mol. The number of benzene rings is 2. The van der Waals surface area contributed by atoms with E-state index in [-0.39, 0.29) is 29.0 Å². The summed E-state index contributed by atoms with van der Waals surface area (Å²) in [4.78, 5) is 17.5. The highest BCUT2D eigenvalue weighted by atomic mass is 32.2. The van der Waals surface area contributed by atoms with Crippen molar-refractivity contribution in [2.75, 3.05) is 28.9 Å². The van der Waals surface area contributed by atoms with Crippen LogP contribution in [0, 0.1) is 19.7 Å². The van der Waals surface area contributed by atoms with Crippen molar-refractivity contribution in [3.05, 3.63) is 59.9 Å². The molecule has 1 fully saturated rings. The summed E-state index contributed by atoms with van der Waals surface area (Å²) in [7, 11) is -4.61. The summed E-state index contributed by atoms with van der Waals surface area (Å²) in [5.74, 6) is -4.93. The first-order valence-corrected chi connectivity index (χ1v) is 15.6. The molecule has 3 heterocycles. The van der Waals surface area contributed by atoms with Crippen molar-refractivity contribution in [2.24, 2.45) is 0 Å². The molecule has 2 atom stereocenters. The molecule has 1 aliphatic rings. The number of aromatic nitrogens is 4. The summed E-state index contributed by atoms with van der Waals surface area (Å²) < 4.78 is 90.1. The second kappa shape index (κ2) is 12.5. The van der Waals surface area contributed by atoms with Gasteiger partial charge in [0.2, 0.25) is 21.9 Å². The molecule has 2 aromatic carbocycles. The Balaban J connectivity index is 1.51. The Labute approximate surface area is 251 Å². The predicted octanol–water partition coefficient (Wildman–Crippen LogP) is 5.53. The minimum Gasteiger partial charge on any atom is -0.437 e. The number of nitrogens with zero attached hydrogens (tertiary/aromatic N) is 4. The Hall–Kier alpha value is -4.11. The number of piperidine rings is 1. The average molecular weight is 634 g/mol. The van der Waals surface area contributed by atoms with Gasteiger partial charge in [0.05, 0.1) is 16.9 Å². The van der Waals surface area contributed by atoms with Crippen LogP contribution in [0.2, 0.25) is 0 Å². The highest BCUT2D eigenvalue weighted by Gasteiger charge is 2.34. The smallest absolute Gasteiger partial charge is 0.263 e. The molecule has 2 aromatic heterocycles. The first kappa shape index (κ1) is 31.3. The van der Waals surface area contributed by atoms with E-state index in [1.54, 1.807) is 26.0 Å². The van der Waals surface area contributed by atoms with E-state index < -0.39 is 45.8 Å². The third kappa shape index (κ3) is 7.16. The second-order valence-corrected chi connectivity index (χ2v) is 12.4. The lowest BCUT2D eigenvalue weighted by atomic mass is 10.0. The summed E-state index contributed by atoms with van der Waals surface area (Å²) >= 11 is 0. The molecule has 44 heavy (non-hydrogen) atoms. The van der Waals surface area contributed by atoms with Crippen LogP contribution in [-0.2, 0) is 10.0 Å². The number of hydrogen-bond donors (Lipinski definition) is 3. The molecule has 0 radical (unpaired) electrons. The van der Waals surface area contributed by atoms with Crippen molar-refractivity contribution in [2.45, 2.75) is 51.7 Å². The van der Waals surface area contributed by atoms with Crippen LogP contribution < -0.4 is 20.1 Å². The van der Waals surface area contributed by atoms with Crippen LogP contribution in [0.3, 0.4) is 0 Å². The summed E-state index contributed by atoms with van der Waals surface area (Å²) in [6.07, 6.45) is 1.69. The van der Waals surface area contributed by atoms with Gasteiger partial charge >= 0.3 is 0 Å². The summed E-state index contributed by atoms with van der Waals surface area (Å²) in [5, 5.41) is 6.56. The lowest BCUT2D eigenvalue weighted by Crippen LogP contribution is -2.44. The number of fused-ring (bicyclic) bond motifs is 1. The van der Waals surface area contributed by atoms with Crippen LogP contribution in [0.15, 0.2) is 42.7 Å². The fourth-order valence-electron chi connectivity index (χ4n) is 4.83. The van der Waals surface area contributed by atoms with E-state index in [0.717, 1.165) is 13.0 Å². The van der Waals surface area contributed by atoms with Crippen molar-refractivity contribution < 1.29 is 30.7 Å². The Bertz CT molecular complexity index is 1790. The lowest BCUT2D eigenvalue weighted by Gasteiger charge is -2.26. The molecule has 10 nitrogen and oxygen atoms in total. The van der Waals surface area contributed by atoms with Gasteiger partial charge in [-0.1, -0.05) is 19.1 Å².